The summed E-state index contributed by atoms with van der Waals surface area (Å²) in [7, 11) is -3.47. The molecule has 1 heterocycles. The molecule has 0 aromatic heterocycles. The van der Waals surface area contributed by atoms with E-state index in [1.807, 2.05) is 38.1 Å². The highest BCUT2D eigenvalue weighted by molar-refractivity contribution is 7.88. The predicted octanol–water partition coefficient (Wildman–Crippen LogP) is 3.99. The van der Waals surface area contributed by atoms with Gasteiger partial charge in [0.2, 0.25) is 15.9 Å². The Kier molecular flexibility index (Phi) is 7.97. The zero-order valence-corrected chi connectivity index (χ0v) is 19.5. The molecule has 1 aliphatic heterocycles. The SMILES string of the molecule is CC(C)Oc1cccc(CNC(=O)C2CCN(S(=O)(=O)Cc3ccccc3Cl)CC2)c1. The summed E-state index contributed by atoms with van der Waals surface area (Å²) in [5.41, 5.74) is 1.55. The summed E-state index contributed by atoms with van der Waals surface area (Å²) in [6, 6.07) is 14.6. The highest BCUT2D eigenvalue weighted by atomic mass is 35.5. The van der Waals surface area contributed by atoms with E-state index in [9.17, 15) is 13.2 Å². The van der Waals surface area contributed by atoms with Crippen LogP contribution >= 0.6 is 11.6 Å². The quantitative estimate of drug-likeness (QED) is 0.641. The van der Waals surface area contributed by atoms with Crippen molar-refractivity contribution in [3.05, 3.63) is 64.7 Å². The third kappa shape index (κ3) is 6.69. The van der Waals surface area contributed by atoms with Gasteiger partial charge < -0.3 is 10.1 Å². The Morgan fingerprint density at radius 3 is 2.55 bits per heavy atom. The monoisotopic (exact) mass is 464 g/mol. The normalized spacial score (nSPS) is 15.7. The standard InChI is InChI=1S/C23H29ClN2O4S/c1-17(2)30-21-8-5-6-18(14-21)15-25-23(27)19-10-12-26(13-11-19)31(28,29)16-20-7-3-4-9-22(20)24/h3-9,14,17,19H,10-13,15-16H2,1-2H3,(H,25,27). The average molecular weight is 465 g/mol. The third-order valence-electron chi connectivity index (χ3n) is 5.25. The largest absolute Gasteiger partial charge is 0.491 e. The lowest BCUT2D eigenvalue weighted by Crippen LogP contribution is -2.43. The fourth-order valence-electron chi connectivity index (χ4n) is 3.63. The Balaban J connectivity index is 1.50. The molecule has 3 rings (SSSR count). The molecule has 31 heavy (non-hydrogen) atoms. The van der Waals surface area contributed by atoms with Crippen LogP contribution in [0.2, 0.25) is 5.02 Å². The van der Waals surface area contributed by atoms with E-state index in [4.69, 9.17) is 16.3 Å². The molecule has 1 aliphatic rings. The molecular weight excluding hydrogens is 436 g/mol. The van der Waals surface area contributed by atoms with Gasteiger partial charge in [-0.25, -0.2) is 12.7 Å². The molecule has 0 radical (unpaired) electrons. The highest BCUT2D eigenvalue weighted by Gasteiger charge is 2.31. The van der Waals surface area contributed by atoms with E-state index in [-0.39, 0.29) is 23.7 Å². The molecule has 6 nitrogen and oxygen atoms in total. The summed E-state index contributed by atoms with van der Waals surface area (Å²) in [4.78, 5) is 12.6. The summed E-state index contributed by atoms with van der Waals surface area (Å²) in [5, 5.41) is 3.42. The number of ether oxygens (including phenoxy) is 1. The first-order valence-corrected chi connectivity index (χ1v) is 12.5. The Bertz CT molecular complexity index is 1000. The highest BCUT2D eigenvalue weighted by Crippen LogP contribution is 2.24. The van der Waals surface area contributed by atoms with Crippen molar-refractivity contribution < 1.29 is 17.9 Å². The number of carbonyl (C=O) groups excluding carboxylic acids is 1. The van der Waals surface area contributed by atoms with Crippen molar-refractivity contribution in [3.8, 4) is 5.75 Å². The van der Waals surface area contributed by atoms with Gasteiger partial charge in [-0.2, -0.15) is 0 Å². The molecule has 1 amide bonds. The summed E-state index contributed by atoms with van der Waals surface area (Å²) in [6.07, 6.45) is 1.10. The van der Waals surface area contributed by atoms with Crippen LogP contribution in [0.15, 0.2) is 48.5 Å². The lowest BCUT2D eigenvalue weighted by molar-refractivity contribution is -0.126. The number of hydrogen-bond acceptors (Lipinski definition) is 4. The topological polar surface area (TPSA) is 75.7 Å². The summed E-state index contributed by atoms with van der Waals surface area (Å²) >= 11 is 6.11. The Morgan fingerprint density at radius 1 is 1.16 bits per heavy atom. The molecule has 0 unspecified atom stereocenters. The minimum absolute atomic E-state index is 0.0432. The maximum atomic E-state index is 12.8. The van der Waals surface area contributed by atoms with Crippen molar-refractivity contribution in [3.63, 3.8) is 0 Å². The number of piperidine rings is 1. The van der Waals surface area contributed by atoms with Crippen LogP contribution in [0.5, 0.6) is 5.75 Å². The summed E-state index contributed by atoms with van der Waals surface area (Å²) < 4.78 is 32.7. The zero-order valence-electron chi connectivity index (χ0n) is 17.9. The minimum atomic E-state index is -3.47. The van der Waals surface area contributed by atoms with Gasteiger partial charge in [-0.05, 0) is 56.0 Å². The first-order chi connectivity index (χ1) is 14.7. The van der Waals surface area contributed by atoms with Gasteiger partial charge in [0.15, 0.2) is 0 Å². The smallest absolute Gasteiger partial charge is 0.223 e. The first kappa shape index (κ1) is 23.6. The molecule has 0 aliphatic carbocycles. The maximum Gasteiger partial charge on any atom is 0.223 e. The van der Waals surface area contributed by atoms with Crippen LogP contribution < -0.4 is 10.1 Å². The van der Waals surface area contributed by atoms with Crippen LogP contribution in [0.25, 0.3) is 0 Å². The number of nitrogens with zero attached hydrogens (tertiary/aromatic N) is 1. The third-order valence-corrected chi connectivity index (χ3v) is 7.45. The van der Waals surface area contributed by atoms with Gasteiger partial charge in [-0.3, -0.25) is 4.79 Å². The molecule has 1 fully saturated rings. The van der Waals surface area contributed by atoms with E-state index in [1.54, 1.807) is 24.3 Å². The molecule has 2 aromatic rings. The van der Waals surface area contributed by atoms with Crippen molar-refractivity contribution in [2.75, 3.05) is 13.1 Å². The van der Waals surface area contributed by atoms with Crippen LogP contribution in [0.4, 0.5) is 0 Å². The molecule has 0 atom stereocenters. The van der Waals surface area contributed by atoms with Crippen LogP contribution in [-0.4, -0.2) is 37.8 Å². The number of halogens is 1. The van der Waals surface area contributed by atoms with Gasteiger partial charge >= 0.3 is 0 Å². The molecule has 0 saturated carbocycles. The lowest BCUT2D eigenvalue weighted by Gasteiger charge is -2.30. The number of benzene rings is 2. The number of rotatable bonds is 8. The molecule has 8 heteroatoms. The second-order valence-corrected chi connectivity index (χ2v) is 10.4. The predicted molar refractivity (Wildman–Crippen MR) is 122 cm³/mol. The van der Waals surface area contributed by atoms with Gasteiger partial charge in [0, 0.05) is 30.6 Å². The molecule has 1 saturated heterocycles. The van der Waals surface area contributed by atoms with E-state index < -0.39 is 10.0 Å². The molecule has 0 spiro atoms. The van der Waals surface area contributed by atoms with Gasteiger partial charge in [0.25, 0.3) is 0 Å². The number of amides is 1. The molecule has 0 bridgehead atoms. The summed E-state index contributed by atoms with van der Waals surface area (Å²) in [5.74, 6) is 0.414. The second kappa shape index (κ2) is 10.5. The summed E-state index contributed by atoms with van der Waals surface area (Å²) in [6.45, 7) is 5.02. The van der Waals surface area contributed by atoms with Gasteiger partial charge in [-0.1, -0.05) is 41.9 Å². The fraction of sp³-hybridized carbons (Fsp3) is 0.435. The second-order valence-electron chi connectivity index (χ2n) is 8.05. The average Bonchev–Trinajstić information content (AvgIpc) is 2.73. The Hall–Kier alpha value is -2.09. The van der Waals surface area contributed by atoms with Crippen LogP contribution in [0.3, 0.4) is 0 Å². The molecule has 1 N–H and O–H groups in total. The van der Waals surface area contributed by atoms with Crippen molar-refractivity contribution in [1.82, 2.24) is 9.62 Å². The van der Waals surface area contributed by atoms with Crippen molar-refractivity contribution in [2.45, 2.75) is 45.1 Å². The van der Waals surface area contributed by atoms with E-state index in [2.05, 4.69) is 5.32 Å². The minimum Gasteiger partial charge on any atom is -0.491 e. The van der Waals surface area contributed by atoms with Crippen molar-refractivity contribution in [1.29, 1.82) is 0 Å². The number of hydrogen-bond donors (Lipinski definition) is 1. The van der Waals surface area contributed by atoms with E-state index >= 15 is 0 Å². The van der Waals surface area contributed by atoms with Gasteiger partial charge in [0.1, 0.15) is 5.75 Å². The van der Waals surface area contributed by atoms with E-state index in [1.165, 1.54) is 4.31 Å². The van der Waals surface area contributed by atoms with Gasteiger partial charge in [-0.15, -0.1) is 0 Å². The fourth-order valence-corrected chi connectivity index (χ4v) is 5.51. The van der Waals surface area contributed by atoms with Crippen LogP contribution in [0.1, 0.15) is 37.8 Å². The lowest BCUT2D eigenvalue weighted by atomic mass is 9.97. The zero-order chi connectivity index (χ0) is 22.4. The van der Waals surface area contributed by atoms with Crippen LogP contribution in [-0.2, 0) is 27.1 Å². The molecule has 2 aromatic carbocycles. The molecule has 168 valence electrons. The van der Waals surface area contributed by atoms with Crippen LogP contribution in [0, 0.1) is 5.92 Å². The molecular formula is C23H29ClN2O4S. The number of carbonyl (C=O) groups is 1. The number of sulfonamides is 1. The van der Waals surface area contributed by atoms with Crippen molar-refractivity contribution >= 4 is 27.5 Å². The van der Waals surface area contributed by atoms with E-state index in [0.717, 1.165) is 11.3 Å². The maximum absolute atomic E-state index is 12.8. The Labute approximate surface area is 189 Å². The van der Waals surface area contributed by atoms with Crippen molar-refractivity contribution in [2.24, 2.45) is 5.92 Å². The Morgan fingerprint density at radius 2 is 1.87 bits per heavy atom. The van der Waals surface area contributed by atoms with Gasteiger partial charge in [0.05, 0.1) is 11.9 Å². The first-order valence-electron chi connectivity index (χ1n) is 10.5. The number of nitrogens with one attached hydrogen (secondary N) is 1. The van der Waals surface area contributed by atoms with E-state index in [0.29, 0.717) is 43.1 Å².